The quantitative estimate of drug-likeness (QED) is 0.683. The molecule has 0 saturated carbocycles. The molecule has 0 aromatic heterocycles. The van der Waals surface area contributed by atoms with E-state index in [1.807, 2.05) is 31.2 Å². The fraction of sp³-hybridized carbons (Fsp3) is 0.316. The molecule has 24 heavy (non-hydrogen) atoms. The van der Waals surface area contributed by atoms with E-state index in [4.69, 9.17) is 21.6 Å². The van der Waals surface area contributed by atoms with Crippen LogP contribution in [0.15, 0.2) is 42.5 Å². The maximum absolute atomic E-state index is 13.2. The molecule has 0 amide bonds. The topological polar surface area (TPSA) is 45.0 Å². The Morgan fingerprint density at radius 1 is 1.29 bits per heavy atom. The lowest BCUT2D eigenvalue weighted by Gasteiger charge is -2.15. The zero-order valence-electron chi connectivity index (χ0n) is 13.6. The first-order valence-electron chi connectivity index (χ1n) is 7.87. The maximum atomic E-state index is 13.2. The lowest BCUT2D eigenvalue weighted by atomic mass is 10.1. The van der Waals surface area contributed by atoms with Crippen molar-refractivity contribution in [3.05, 3.63) is 64.4 Å². The number of hydrogen-bond acceptors (Lipinski definition) is 3. The maximum Gasteiger partial charge on any atom is 0.141 e. The molecule has 0 heterocycles. The van der Waals surface area contributed by atoms with E-state index >= 15 is 0 Å². The van der Waals surface area contributed by atoms with Gasteiger partial charge in [-0.1, -0.05) is 29.8 Å². The Kier molecular flexibility index (Phi) is 7.05. The molecule has 0 radical (unpaired) electrons. The molecule has 1 atom stereocenters. The molecule has 5 heteroatoms. The number of hydrogen-bond donors (Lipinski definition) is 1. The Balaban J connectivity index is 1.89. The first kappa shape index (κ1) is 18.3. The highest BCUT2D eigenvalue weighted by Crippen LogP contribution is 2.21. The van der Waals surface area contributed by atoms with Crippen molar-refractivity contribution in [2.24, 2.45) is 0 Å². The van der Waals surface area contributed by atoms with E-state index in [9.17, 15) is 4.39 Å². The van der Waals surface area contributed by atoms with Crippen LogP contribution in [0.5, 0.6) is 5.75 Å². The molecule has 3 nitrogen and oxygen atoms in total. The van der Waals surface area contributed by atoms with Gasteiger partial charge in [0, 0.05) is 19.0 Å². The molecule has 0 aliphatic rings. The molecular weight excluding hydrogens is 327 g/mol. The summed E-state index contributed by atoms with van der Waals surface area (Å²) in [5, 5.41) is 12.0. The molecule has 126 valence electrons. The molecule has 2 aromatic carbocycles. The molecule has 0 fully saturated rings. The second-order valence-corrected chi connectivity index (χ2v) is 5.94. The first-order valence-corrected chi connectivity index (χ1v) is 8.25. The Morgan fingerprint density at radius 2 is 2.12 bits per heavy atom. The van der Waals surface area contributed by atoms with Gasteiger partial charge in [-0.3, -0.25) is 0 Å². The summed E-state index contributed by atoms with van der Waals surface area (Å²) in [6, 6.07) is 14.7. The minimum absolute atomic E-state index is 0.0447. The van der Waals surface area contributed by atoms with Crippen molar-refractivity contribution in [3.63, 3.8) is 0 Å². The van der Waals surface area contributed by atoms with Crippen LogP contribution in [-0.2, 0) is 6.54 Å². The van der Waals surface area contributed by atoms with Crippen LogP contribution in [0.1, 0.15) is 36.9 Å². The fourth-order valence-electron chi connectivity index (χ4n) is 2.26. The van der Waals surface area contributed by atoms with Crippen LogP contribution in [0, 0.1) is 17.1 Å². The average Bonchev–Trinajstić information content (AvgIpc) is 2.59. The van der Waals surface area contributed by atoms with Gasteiger partial charge < -0.3 is 10.1 Å². The van der Waals surface area contributed by atoms with Crippen LogP contribution in [-0.4, -0.2) is 6.61 Å². The van der Waals surface area contributed by atoms with Crippen LogP contribution in [0.25, 0.3) is 0 Å². The summed E-state index contributed by atoms with van der Waals surface area (Å²) >= 11 is 5.83. The SMILES string of the molecule is CC(NCc1cccc(OCCCC#N)c1)c1ccc(F)c(Cl)c1. The number of benzene rings is 2. The summed E-state index contributed by atoms with van der Waals surface area (Å²) in [4.78, 5) is 0. The third-order valence-corrected chi connectivity index (χ3v) is 3.95. The molecule has 1 N–H and O–H groups in total. The Hall–Kier alpha value is -2.09. The van der Waals surface area contributed by atoms with Crippen LogP contribution in [0.2, 0.25) is 5.02 Å². The molecule has 0 bridgehead atoms. The van der Waals surface area contributed by atoms with Crippen molar-refractivity contribution in [2.45, 2.75) is 32.4 Å². The normalized spacial score (nSPS) is 11.8. The second kappa shape index (κ2) is 9.27. The molecule has 0 aliphatic heterocycles. The number of unbranched alkanes of at least 4 members (excludes halogenated alkanes) is 1. The van der Waals surface area contributed by atoms with E-state index in [0.29, 0.717) is 19.6 Å². The first-order chi connectivity index (χ1) is 11.6. The van der Waals surface area contributed by atoms with E-state index in [2.05, 4.69) is 11.4 Å². The van der Waals surface area contributed by atoms with Gasteiger partial charge in [0.25, 0.3) is 0 Å². The van der Waals surface area contributed by atoms with Crippen molar-refractivity contribution in [1.29, 1.82) is 5.26 Å². The van der Waals surface area contributed by atoms with Crippen molar-refractivity contribution in [2.75, 3.05) is 6.61 Å². The lowest BCUT2D eigenvalue weighted by molar-refractivity contribution is 0.312. The Bertz CT molecular complexity index is 715. The number of nitriles is 1. The molecule has 2 aromatic rings. The minimum atomic E-state index is -0.408. The van der Waals surface area contributed by atoms with Crippen LogP contribution in [0.3, 0.4) is 0 Å². The molecule has 1 unspecified atom stereocenters. The fourth-order valence-corrected chi connectivity index (χ4v) is 2.45. The van der Waals surface area contributed by atoms with Gasteiger partial charge in [0.2, 0.25) is 0 Å². The van der Waals surface area contributed by atoms with Crippen molar-refractivity contribution in [3.8, 4) is 11.8 Å². The second-order valence-electron chi connectivity index (χ2n) is 5.53. The highest BCUT2D eigenvalue weighted by atomic mass is 35.5. The van der Waals surface area contributed by atoms with Crippen LogP contribution < -0.4 is 10.1 Å². The van der Waals surface area contributed by atoms with Gasteiger partial charge >= 0.3 is 0 Å². The molecule has 0 saturated heterocycles. The van der Waals surface area contributed by atoms with E-state index in [0.717, 1.165) is 23.3 Å². The molecule has 0 spiro atoms. The lowest BCUT2D eigenvalue weighted by Crippen LogP contribution is -2.18. The largest absolute Gasteiger partial charge is 0.494 e. The van der Waals surface area contributed by atoms with Crippen LogP contribution in [0.4, 0.5) is 4.39 Å². The summed E-state index contributed by atoms with van der Waals surface area (Å²) in [6.07, 6.45) is 1.22. The van der Waals surface area contributed by atoms with Gasteiger partial charge in [-0.05, 0) is 48.7 Å². The summed E-state index contributed by atoms with van der Waals surface area (Å²) in [5.41, 5.74) is 2.03. The highest BCUT2D eigenvalue weighted by molar-refractivity contribution is 6.30. The van der Waals surface area contributed by atoms with Crippen molar-refractivity contribution < 1.29 is 9.13 Å². The van der Waals surface area contributed by atoms with Crippen molar-refractivity contribution >= 4 is 11.6 Å². The summed E-state index contributed by atoms with van der Waals surface area (Å²) in [5.74, 6) is 0.388. The number of nitrogens with zero attached hydrogens (tertiary/aromatic N) is 1. The van der Waals surface area contributed by atoms with E-state index < -0.39 is 5.82 Å². The highest BCUT2D eigenvalue weighted by Gasteiger charge is 2.08. The number of rotatable bonds is 8. The van der Waals surface area contributed by atoms with Gasteiger partial charge in [0.15, 0.2) is 0 Å². The summed E-state index contributed by atoms with van der Waals surface area (Å²) in [7, 11) is 0. The monoisotopic (exact) mass is 346 g/mol. The standard InChI is InChI=1S/C19H20ClFN2O/c1-14(16-7-8-19(21)18(20)12-16)23-13-15-5-4-6-17(11-15)24-10-3-2-9-22/h4-8,11-12,14,23H,2-3,10,13H2,1H3. The zero-order chi connectivity index (χ0) is 17.4. The predicted molar refractivity (Wildman–Crippen MR) is 93.4 cm³/mol. The zero-order valence-corrected chi connectivity index (χ0v) is 14.3. The van der Waals surface area contributed by atoms with E-state index in [1.165, 1.54) is 6.07 Å². The van der Waals surface area contributed by atoms with Gasteiger partial charge in [-0.2, -0.15) is 5.26 Å². The van der Waals surface area contributed by atoms with E-state index in [-0.39, 0.29) is 11.1 Å². The smallest absolute Gasteiger partial charge is 0.141 e. The van der Waals surface area contributed by atoms with E-state index in [1.54, 1.807) is 12.1 Å². The summed E-state index contributed by atoms with van der Waals surface area (Å²) < 4.78 is 18.9. The third kappa shape index (κ3) is 5.52. The Labute approximate surface area is 147 Å². The van der Waals surface area contributed by atoms with Crippen molar-refractivity contribution in [1.82, 2.24) is 5.32 Å². The van der Waals surface area contributed by atoms with Gasteiger partial charge in [-0.15, -0.1) is 0 Å². The molecular formula is C19H20ClFN2O. The van der Waals surface area contributed by atoms with Crippen LogP contribution >= 0.6 is 11.6 Å². The number of nitrogens with one attached hydrogen (secondary N) is 1. The van der Waals surface area contributed by atoms with Gasteiger partial charge in [0.1, 0.15) is 11.6 Å². The van der Waals surface area contributed by atoms with Gasteiger partial charge in [0.05, 0.1) is 17.7 Å². The number of ether oxygens (including phenoxy) is 1. The summed E-state index contributed by atoms with van der Waals surface area (Å²) in [6.45, 7) is 3.20. The molecule has 0 aliphatic carbocycles. The molecule has 2 rings (SSSR count). The predicted octanol–water partition coefficient (Wildman–Crippen LogP) is 5.01. The minimum Gasteiger partial charge on any atom is -0.494 e. The third-order valence-electron chi connectivity index (χ3n) is 3.66. The Morgan fingerprint density at radius 3 is 2.88 bits per heavy atom. The number of halogens is 2. The average molecular weight is 347 g/mol. The van der Waals surface area contributed by atoms with Gasteiger partial charge in [-0.25, -0.2) is 4.39 Å².